The van der Waals surface area contributed by atoms with Crippen molar-refractivity contribution in [3.8, 4) is 5.75 Å². The van der Waals surface area contributed by atoms with Crippen molar-refractivity contribution in [1.29, 1.82) is 0 Å². The van der Waals surface area contributed by atoms with E-state index in [1.807, 2.05) is 6.92 Å². The van der Waals surface area contributed by atoms with Gasteiger partial charge in [0.25, 0.3) is 0 Å². The molecule has 1 aromatic carbocycles. The van der Waals surface area contributed by atoms with E-state index < -0.39 is 10.0 Å². The van der Waals surface area contributed by atoms with Gasteiger partial charge in [0.15, 0.2) is 0 Å². The van der Waals surface area contributed by atoms with Gasteiger partial charge in [-0.05, 0) is 43.5 Å². The van der Waals surface area contributed by atoms with Crippen LogP contribution in [-0.4, -0.2) is 34.8 Å². The summed E-state index contributed by atoms with van der Waals surface area (Å²) in [4.78, 5) is 0.259. The zero-order chi connectivity index (χ0) is 13.7. The molecule has 0 radical (unpaired) electrons. The van der Waals surface area contributed by atoms with E-state index in [4.69, 9.17) is 9.47 Å². The maximum absolute atomic E-state index is 12.1. The standard InChI is InChI=1S/C13H19NO4S/c1-2-18-12-3-5-13(6-4-12)19(15,16)14-9-11-7-8-17-10-11/h3-6,11,14H,2,7-10H2,1H3/t11-/m1/s1. The number of sulfonamides is 1. The van der Waals surface area contributed by atoms with Crippen LogP contribution in [0.4, 0.5) is 0 Å². The van der Waals surface area contributed by atoms with Crippen molar-refractivity contribution in [3.05, 3.63) is 24.3 Å². The van der Waals surface area contributed by atoms with Gasteiger partial charge in [-0.3, -0.25) is 0 Å². The predicted octanol–water partition coefficient (Wildman–Crippen LogP) is 1.40. The molecular formula is C13H19NO4S. The fraction of sp³-hybridized carbons (Fsp3) is 0.538. The smallest absolute Gasteiger partial charge is 0.240 e. The highest BCUT2D eigenvalue weighted by Crippen LogP contribution is 2.17. The molecule has 0 saturated carbocycles. The molecule has 1 aromatic rings. The third-order valence-electron chi connectivity index (χ3n) is 3.03. The minimum Gasteiger partial charge on any atom is -0.494 e. The molecule has 1 aliphatic heterocycles. The van der Waals surface area contributed by atoms with E-state index in [-0.39, 0.29) is 10.8 Å². The van der Waals surface area contributed by atoms with Gasteiger partial charge in [0.2, 0.25) is 10.0 Å². The monoisotopic (exact) mass is 285 g/mol. The van der Waals surface area contributed by atoms with Gasteiger partial charge in [0, 0.05) is 13.2 Å². The third kappa shape index (κ3) is 3.92. The van der Waals surface area contributed by atoms with Crippen molar-refractivity contribution < 1.29 is 17.9 Å². The summed E-state index contributed by atoms with van der Waals surface area (Å²) in [7, 11) is -3.44. The zero-order valence-corrected chi connectivity index (χ0v) is 11.8. The topological polar surface area (TPSA) is 64.6 Å². The quantitative estimate of drug-likeness (QED) is 0.858. The lowest BCUT2D eigenvalue weighted by molar-refractivity contribution is 0.186. The first-order chi connectivity index (χ1) is 9.12. The Labute approximate surface area is 114 Å². The van der Waals surface area contributed by atoms with Crippen LogP contribution in [0, 0.1) is 5.92 Å². The van der Waals surface area contributed by atoms with Crippen molar-refractivity contribution in [3.63, 3.8) is 0 Å². The van der Waals surface area contributed by atoms with Crippen LogP contribution in [0.15, 0.2) is 29.2 Å². The number of nitrogens with one attached hydrogen (secondary N) is 1. The Kier molecular flexibility index (Phi) is 4.79. The Morgan fingerprint density at radius 2 is 2.11 bits per heavy atom. The zero-order valence-electron chi connectivity index (χ0n) is 11.0. The molecule has 0 aromatic heterocycles. The molecule has 1 N–H and O–H groups in total. The fourth-order valence-corrected chi connectivity index (χ4v) is 3.05. The van der Waals surface area contributed by atoms with Crippen LogP contribution in [-0.2, 0) is 14.8 Å². The molecule has 1 heterocycles. The highest BCUT2D eigenvalue weighted by atomic mass is 32.2. The van der Waals surface area contributed by atoms with Gasteiger partial charge in [-0.2, -0.15) is 0 Å². The van der Waals surface area contributed by atoms with Crippen LogP contribution in [0.25, 0.3) is 0 Å². The molecule has 6 heteroatoms. The Hall–Kier alpha value is -1.11. The summed E-state index contributed by atoms with van der Waals surface area (Å²) in [5.74, 6) is 0.947. The van der Waals surface area contributed by atoms with Crippen LogP contribution >= 0.6 is 0 Å². The van der Waals surface area contributed by atoms with Gasteiger partial charge in [-0.25, -0.2) is 13.1 Å². The molecule has 0 spiro atoms. The maximum Gasteiger partial charge on any atom is 0.240 e. The summed E-state index contributed by atoms with van der Waals surface area (Å²) in [5, 5.41) is 0. The predicted molar refractivity (Wildman–Crippen MR) is 71.7 cm³/mol. The van der Waals surface area contributed by atoms with Gasteiger partial charge >= 0.3 is 0 Å². The second kappa shape index (κ2) is 6.36. The first kappa shape index (κ1) is 14.3. The molecule has 0 aliphatic carbocycles. The summed E-state index contributed by atoms with van der Waals surface area (Å²) >= 11 is 0. The van der Waals surface area contributed by atoms with Crippen molar-refractivity contribution in [2.75, 3.05) is 26.4 Å². The van der Waals surface area contributed by atoms with Gasteiger partial charge < -0.3 is 9.47 Å². The van der Waals surface area contributed by atoms with E-state index in [1.165, 1.54) is 0 Å². The number of benzene rings is 1. The molecule has 1 saturated heterocycles. The molecule has 0 unspecified atom stereocenters. The summed E-state index contributed by atoms with van der Waals surface area (Å²) in [6, 6.07) is 6.43. The Bertz CT molecular complexity index is 492. The molecular weight excluding hydrogens is 266 g/mol. The molecule has 1 atom stereocenters. The SMILES string of the molecule is CCOc1ccc(S(=O)(=O)NC[C@H]2CCOC2)cc1. The highest BCUT2D eigenvalue weighted by molar-refractivity contribution is 7.89. The van der Waals surface area contributed by atoms with E-state index in [2.05, 4.69) is 4.72 Å². The molecule has 1 aliphatic rings. The Balaban J connectivity index is 1.97. The molecule has 5 nitrogen and oxygen atoms in total. The summed E-state index contributed by atoms with van der Waals surface area (Å²) in [6.45, 7) is 4.22. The lowest BCUT2D eigenvalue weighted by Gasteiger charge is -2.10. The average Bonchev–Trinajstić information content (AvgIpc) is 2.91. The van der Waals surface area contributed by atoms with E-state index in [0.717, 1.165) is 13.0 Å². The second-order valence-electron chi connectivity index (χ2n) is 4.49. The first-order valence-electron chi connectivity index (χ1n) is 6.42. The van der Waals surface area contributed by atoms with Crippen molar-refractivity contribution in [2.24, 2.45) is 5.92 Å². The molecule has 0 amide bonds. The minimum atomic E-state index is -3.44. The fourth-order valence-electron chi connectivity index (χ4n) is 1.94. The normalized spacial score (nSPS) is 19.5. The lowest BCUT2D eigenvalue weighted by atomic mass is 10.1. The van der Waals surface area contributed by atoms with E-state index in [9.17, 15) is 8.42 Å². The largest absolute Gasteiger partial charge is 0.494 e. The van der Waals surface area contributed by atoms with E-state index >= 15 is 0 Å². The Morgan fingerprint density at radius 3 is 2.68 bits per heavy atom. The van der Waals surface area contributed by atoms with Gasteiger partial charge in [0.05, 0.1) is 18.1 Å². The molecule has 106 valence electrons. The van der Waals surface area contributed by atoms with Gasteiger partial charge in [0.1, 0.15) is 5.75 Å². The van der Waals surface area contributed by atoms with Crippen LogP contribution in [0.3, 0.4) is 0 Å². The summed E-state index contributed by atoms with van der Waals surface area (Å²) in [5.41, 5.74) is 0. The van der Waals surface area contributed by atoms with Crippen LogP contribution < -0.4 is 9.46 Å². The van der Waals surface area contributed by atoms with Crippen molar-refractivity contribution >= 4 is 10.0 Å². The average molecular weight is 285 g/mol. The number of hydrogen-bond donors (Lipinski definition) is 1. The van der Waals surface area contributed by atoms with E-state index in [1.54, 1.807) is 24.3 Å². The minimum absolute atomic E-state index is 0.259. The highest BCUT2D eigenvalue weighted by Gasteiger charge is 2.20. The molecule has 19 heavy (non-hydrogen) atoms. The second-order valence-corrected chi connectivity index (χ2v) is 6.25. The number of hydrogen-bond acceptors (Lipinski definition) is 4. The van der Waals surface area contributed by atoms with Crippen LogP contribution in [0.5, 0.6) is 5.75 Å². The molecule has 2 rings (SSSR count). The van der Waals surface area contributed by atoms with Crippen molar-refractivity contribution in [2.45, 2.75) is 18.2 Å². The summed E-state index contributed by atoms with van der Waals surface area (Å²) < 4.78 is 37.3. The maximum atomic E-state index is 12.1. The number of ether oxygens (including phenoxy) is 2. The first-order valence-corrected chi connectivity index (χ1v) is 7.90. The Morgan fingerprint density at radius 1 is 1.37 bits per heavy atom. The molecule has 1 fully saturated rings. The summed E-state index contributed by atoms with van der Waals surface area (Å²) in [6.07, 6.45) is 0.909. The van der Waals surface area contributed by atoms with Crippen LogP contribution in [0.2, 0.25) is 0 Å². The lowest BCUT2D eigenvalue weighted by Crippen LogP contribution is -2.29. The van der Waals surface area contributed by atoms with Gasteiger partial charge in [-0.1, -0.05) is 0 Å². The molecule has 0 bridgehead atoms. The van der Waals surface area contributed by atoms with Gasteiger partial charge in [-0.15, -0.1) is 0 Å². The number of rotatable bonds is 6. The van der Waals surface area contributed by atoms with Crippen LogP contribution in [0.1, 0.15) is 13.3 Å². The third-order valence-corrected chi connectivity index (χ3v) is 4.47. The van der Waals surface area contributed by atoms with Crippen molar-refractivity contribution in [1.82, 2.24) is 4.72 Å². The van der Waals surface area contributed by atoms with E-state index in [0.29, 0.717) is 25.5 Å².